The molecule has 1 aliphatic heterocycles. The lowest BCUT2D eigenvalue weighted by molar-refractivity contribution is 0.0695. The van der Waals surface area contributed by atoms with Crippen LogP contribution in [0.1, 0.15) is 40.5 Å². The van der Waals surface area contributed by atoms with E-state index < -0.39 is 23.1 Å². The molecule has 1 unspecified atom stereocenters. The zero-order valence-electron chi connectivity index (χ0n) is 17.8. The van der Waals surface area contributed by atoms with Crippen molar-refractivity contribution in [2.45, 2.75) is 25.7 Å². The van der Waals surface area contributed by atoms with E-state index in [1.807, 2.05) is 13.0 Å². The number of aryl methyl sites for hydroxylation is 1. The molecule has 0 N–H and O–H groups in total. The fourth-order valence-corrected chi connectivity index (χ4v) is 4.61. The number of piperidine rings is 1. The van der Waals surface area contributed by atoms with Gasteiger partial charge < -0.3 is 4.90 Å². The molecule has 9 heteroatoms. The molecular formula is C24H20ClF2N5O. The van der Waals surface area contributed by atoms with Crippen LogP contribution in [0.15, 0.2) is 48.8 Å². The van der Waals surface area contributed by atoms with Gasteiger partial charge in [0, 0.05) is 29.7 Å². The molecule has 33 heavy (non-hydrogen) atoms. The van der Waals surface area contributed by atoms with E-state index in [-0.39, 0.29) is 5.92 Å². The number of aromatic nitrogens is 4. The molecule has 1 fully saturated rings. The van der Waals surface area contributed by atoms with Crippen LogP contribution in [0.3, 0.4) is 0 Å². The van der Waals surface area contributed by atoms with E-state index in [0.29, 0.717) is 41.4 Å². The van der Waals surface area contributed by atoms with Crippen LogP contribution in [0, 0.1) is 18.6 Å². The second-order valence-electron chi connectivity index (χ2n) is 8.21. The number of carbonyl (C=O) groups is 1. The van der Waals surface area contributed by atoms with Crippen molar-refractivity contribution in [1.29, 1.82) is 0 Å². The highest BCUT2D eigenvalue weighted by Crippen LogP contribution is 2.31. The Bertz CT molecular complexity index is 1350. The Morgan fingerprint density at radius 1 is 1.12 bits per heavy atom. The summed E-state index contributed by atoms with van der Waals surface area (Å²) in [5.41, 5.74) is 2.02. The number of carbonyl (C=O) groups excluding carboxylic acids is 1. The summed E-state index contributed by atoms with van der Waals surface area (Å²) in [7, 11) is 0. The predicted molar refractivity (Wildman–Crippen MR) is 120 cm³/mol. The summed E-state index contributed by atoms with van der Waals surface area (Å²) in [5.74, 6) is -2.01. The molecule has 6 nitrogen and oxygen atoms in total. The molecule has 5 rings (SSSR count). The van der Waals surface area contributed by atoms with Crippen molar-refractivity contribution < 1.29 is 13.6 Å². The zero-order valence-corrected chi connectivity index (χ0v) is 18.6. The van der Waals surface area contributed by atoms with Crippen LogP contribution in [-0.2, 0) is 0 Å². The van der Waals surface area contributed by atoms with Crippen LogP contribution in [-0.4, -0.2) is 43.5 Å². The van der Waals surface area contributed by atoms with Crippen molar-refractivity contribution >= 4 is 23.3 Å². The summed E-state index contributed by atoms with van der Waals surface area (Å²) < 4.78 is 31.6. The first-order valence-corrected chi connectivity index (χ1v) is 11.0. The minimum Gasteiger partial charge on any atom is -0.338 e. The Morgan fingerprint density at radius 3 is 2.67 bits per heavy atom. The third kappa shape index (κ3) is 4.06. The summed E-state index contributed by atoms with van der Waals surface area (Å²) in [5, 5.41) is 4.71. The molecule has 0 saturated carbocycles. The number of hydrogen-bond donors (Lipinski definition) is 0. The van der Waals surface area contributed by atoms with Crippen molar-refractivity contribution in [3.63, 3.8) is 0 Å². The van der Waals surface area contributed by atoms with Gasteiger partial charge in [-0.2, -0.15) is 10.1 Å². The van der Waals surface area contributed by atoms with Crippen molar-refractivity contribution in [3.8, 4) is 11.1 Å². The third-order valence-corrected chi connectivity index (χ3v) is 6.18. The second kappa shape index (κ2) is 8.51. The van der Waals surface area contributed by atoms with Crippen LogP contribution < -0.4 is 0 Å². The summed E-state index contributed by atoms with van der Waals surface area (Å²) in [6.45, 7) is 2.62. The van der Waals surface area contributed by atoms with E-state index in [9.17, 15) is 13.6 Å². The Labute approximate surface area is 193 Å². The van der Waals surface area contributed by atoms with Gasteiger partial charge in [0.15, 0.2) is 0 Å². The summed E-state index contributed by atoms with van der Waals surface area (Å²) >= 11 is 6.00. The number of halogens is 3. The van der Waals surface area contributed by atoms with Crippen molar-refractivity contribution in [1.82, 2.24) is 24.5 Å². The fraction of sp³-hybridized carbons (Fsp3) is 0.250. The van der Waals surface area contributed by atoms with E-state index >= 15 is 0 Å². The molecule has 0 bridgehead atoms. The van der Waals surface area contributed by atoms with Gasteiger partial charge in [0.2, 0.25) is 0 Å². The molecule has 2 aromatic carbocycles. The fourth-order valence-electron chi connectivity index (χ4n) is 4.42. The van der Waals surface area contributed by atoms with Crippen LogP contribution in [0.4, 0.5) is 8.78 Å². The van der Waals surface area contributed by atoms with Crippen LogP contribution in [0.2, 0.25) is 5.02 Å². The normalized spacial score (nSPS) is 16.4. The Hall–Kier alpha value is -3.39. The molecule has 4 aromatic rings. The third-order valence-electron chi connectivity index (χ3n) is 5.95. The monoisotopic (exact) mass is 467 g/mol. The quantitative estimate of drug-likeness (QED) is 0.423. The lowest BCUT2D eigenvalue weighted by Gasteiger charge is -2.33. The van der Waals surface area contributed by atoms with Gasteiger partial charge in [-0.3, -0.25) is 4.79 Å². The first-order chi connectivity index (χ1) is 15.9. The number of fused-ring (bicyclic) bond motifs is 1. The topological polar surface area (TPSA) is 63.4 Å². The molecule has 2 aromatic heterocycles. The Kier molecular flexibility index (Phi) is 5.54. The van der Waals surface area contributed by atoms with Gasteiger partial charge in [-0.15, -0.1) is 0 Å². The first-order valence-electron chi connectivity index (χ1n) is 10.6. The van der Waals surface area contributed by atoms with Crippen LogP contribution in [0.25, 0.3) is 16.9 Å². The van der Waals surface area contributed by atoms with Gasteiger partial charge in [0.1, 0.15) is 23.5 Å². The molecule has 0 spiro atoms. The predicted octanol–water partition coefficient (Wildman–Crippen LogP) is 5.05. The highest BCUT2D eigenvalue weighted by Gasteiger charge is 2.30. The van der Waals surface area contributed by atoms with E-state index in [4.69, 9.17) is 11.6 Å². The average Bonchev–Trinajstić information content (AvgIpc) is 3.26. The molecule has 1 aliphatic rings. The molecular weight excluding hydrogens is 448 g/mol. The highest BCUT2D eigenvalue weighted by atomic mass is 35.5. The lowest BCUT2D eigenvalue weighted by atomic mass is 9.93. The standard InChI is InChI=1S/C24H20ClF2N5O/c1-14-8-21(32-24(30-14)28-13-29-32)16-5-3-7-31(12-16)23(33)22-19(26)10-17(11-20(22)27)15-4-2-6-18(25)9-15/h2,4,6,8-11,13,16H,3,5,7,12H2,1H3. The number of hydrogen-bond acceptors (Lipinski definition) is 4. The number of rotatable bonds is 3. The van der Waals surface area contributed by atoms with Gasteiger partial charge in [-0.25, -0.2) is 18.3 Å². The zero-order chi connectivity index (χ0) is 23.1. The number of nitrogens with zero attached hydrogens (tertiary/aromatic N) is 5. The van der Waals surface area contributed by atoms with Crippen LogP contribution in [0.5, 0.6) is 0 Å². The first kappa shape index (κ1) is 21.5. The average molecular weight is 468 g/mol. The number of likely N-dealkylation sites (tertiary alicyclic amines) is 1. The van der Waals surface area contributed by atoms with E-state index in [1.165, 1.54) is 23.4 Å². The summed E-state index contributed by atoms with van der Waals surface area (Å²) in [6, 6.07) is 11.0. The van der Waals surface area contributed by atoms with Gasteiger partial charge in [0.05, 0.1) is 5.69 Å². The molecule has 3 heterocycles. The van der Waals surface area contributed by atoms with Crippen molar-refractivity contribution in [2.24, 2.45) is 0 Å². The summed E-state index contributed by atoms with van der Waals surface area (Å²) in [6.07, 6.45) is 2.96. The molecule has 168 valence electrons. The van der Waals surface area contributed by atoms with Crippen molar-refractivity contribution in [3.05, 3.63) is 82.4 Å². The summed E-state index contributed by atoms with van der Waals surface area (Å²) in [4.78, 5) is 23.2. The maximum absolute atomic E-state index is 15.0. The van der Waals surface area contributed by atoms with Gasteiger partial charge >= 0.3 is 0 Å². The Morgan fingerprint density at radius 2 is 1.91 bits per heavy atom. The highest BCUT2D eigenvalue weighted by molar-refractivity contribution is 6.30. The van der Waals surface area contributed by atoms with E-state index in [0.717, 1.165) is 17.8 Å². The van der Waals surface area contributed by atoms with Gasteiger partial charge in [-0.1, -0.05) is 23.7 Å². The van der Waals surface area contributed by atoms with Crippen molar-refractivity contribution in [2.75, 3.05) is 13.1 Å². The van der Waals surface area contributed by atoms with E-state index in [1.54, 1.807) is 28.8 Å². The molecule has 1 saturated heterocycles. The minimum absolute atomic E-state index is 0.0505. The largest absolute Gasteiger partial charge is 0.338 e. The molecule has 1 amide bonds. The van der Waals surface area contributed by atoms with Crippen LogP contribution >= 0.6 is 11.6 Å². The smallest absolute Gasteiger partial charge is 0.259 e. The molecule has 0 radical (unpaired) electrons. The second-order valence-corrected chi connectivity index (χ2v) is 8.65. The van der Waals surface area contributed by atoms with Gasteiger partial charge in [0.25, 0.3) is 11.7 Å². The number of amides is 1. The van der Waals surface area contributed by atoms with E-state index in [2.05, 4.69) is 15.1 Å². The lowest BCUT2D eigenvalue weighted by Crippen LogP contribution is -2.40. The maximum atomic E-state index is 15.0. The molecule has 0 aliphatic carbocycles. The Balaban J connectivity index is 1.44. The maximum Gasteiger partial charge on any atom is 0.259 e. The minimum atomic E-state index is -0.893. The molecule has 1 atom stereocenters. The van der Waals surface area contributed by atoms with Gasteiger partial charge in [-0.05, 0) is 61.2 Å². The number of benzene rings is 2. The SMILES string of the molecule is Cc1cc(C2CCCN(C(=O)c3c(F)cc(-c4cccc(Cl)c4)cc3F)C2)n2ncnc2n1.